The molecule has 1 atom stereocenters. The number of hydrogen-bond donors (Lipinski definition) is 1. The van der Waals surface area contributed by atoms with Crippen LogP contribution in [0, 0.1) is 0 Å². The van der Waals surface area contributed by atoms with E-state index in [1.807, 2.05) is 0 Å². The highest BCUT2D eigenvalue weighted by Crippen LogP contribution is 2.32. The average molecular weight is 263 g/mol. The monoisotopic (exact) mass is 263 g/mol. The fourth-order valence-electron chi connectivity index (χ4n) is 2.50. The van der Waals surface area contributed by atoms with Crippen LogP contribution in [-0.2, 0) is 16.6 Å². The Labute approximate surface area is 116 Å². The SMILES string of the molecule is COc1ccc(CC2COCCN2)cc1C(C)(C)C. The Balaban J connectivity index is 2.17. The van der Waals surface area contributed by atoms with Gasteiger partial charge in [-0.1, -0.05) is 32.9 Å². The first-order valence-corrected chi connectivity index (χ1v) is 6.99. The Morgan fingerprint density at radius 3 is 2.74 bits per heavy atom. The highest BCUT2D eigenvalue weighted by molar-refractivity contribution is 5.41. The molecule has 1 aromatic rings. The van der Waals surface area contributed by atoms with Crippen LogP contribution in [0.5, 0.6) is 5.75 Å². The molecular formula is C16H25NO2. The van der Waals surface area contributed by atoms with Gasteiger partial charge in [0, 0.05) is 12.6 Å². The number of benzene rings is 1. The number of rotatable bonds is 3. The van der Waals surface area contributed by atoms with Gasteiger partial charge in [0.15, 0.2) is 0 Å². The Kier molecular flexibility index (Phi) is 4.48. The minimum Gasteiger partial charge on any atom is -0.496 e. The predicted molar refractivity (Wildman–Crippen MR) is 78.0 cm³/mol. The molecule has 0 radical (unpaired) electrons. The number of morpholine rings is 1. The molecule has 0 saturated carbocycles. The summed E-state index contributed by atoms with van der Waals surface area (Å²) in [5, 5.41) is 3.50. The largest absolute Gasteiger partial charge is 0.496 e. The van der Waals surface area contributed by atoms with Crippen molar-refractivity contribution in [3.05, 3.63) is 29.3 Å². The lowest BCUT2D eigenvalue weighted by Gasteiger charge is -2.26. The van der Waals surface area contributed by atoms with Gasteiger partial charge in [-0.3, -0.25) is 0 Å². The van der Waals surface area contributed by atoms with Gasteiger partial charge in [-0.05, 0) is 29.0 Å². The van der Waals surface area contributed by atoms with Crippen molar-refractivity contribution in [2.24, 2.45) is 0 Å². The third-order valence-electron chi connectivity index (χ3n) is 3.55. The van der Waals surface area contributed by atoms with Gasteiger partial charge in [-0.15, -0.1) is 0 Å². The highest BCUT2D eigenvalue weighted by atomic mass is 16.5. The smallest absolute Gasteiger partial charge is 0.122 e. The topological polar surface area (TPSA) is 30.5 Å². The standard InChI is InChI=1S/C16H25NO2/c1-16(2,3)14-10-12(5-6-15(14)18-4)9-13-11-19-8-7-17-13/h5-6,10,13,17H,7-9,11H2,1-4H3. The zero-order chi connectivity index (χ0) is 13.9. The number of hydrogen-bond acceptors (Lipinski definition) is 3. The van der Waals surface area contributed by atoms with Crippen LogP contribution in [0.25, 0.3) is 0 Å². The molecule has 1 heterocycles. The van der Waals surface area contributed by atoms with E-state index in [9.17, 15) is 0 Å². The van der Waals surface area contributed by atoms with Crippen molar-refractivity contribution in [3.8, 4) is 5.75 Å². The van der Waals surface area contributed by atoms with Crippen molar-refractivity contribution >= 4 is 0 Å². The minimum atomic E-state index is 0.0951. The highest BCUT2D eigenvalue weighted by Gasteiger charge is 2.20. The molecule has 3 nitrogen and oxygen atoms in total. The van der Waals surface area contributed by atoms with Crippen molar-refractivity contribution in [3.63, 3.8) is 0 Å². The third-order valence-corrected chi connectivity index (χ3v) is 3.55. The molecule has 1 aliphatic heterocycles. The van der Waals surface area contributed by atoms with Gasteiger partial charge in [-0.25, -0.2) is 0 Å². The molecule has 3 heteroatoms. The number of ether oxygens (including phenoxy) is 2. The van der Waals surface area contributed by atoms with Gasteiger partial charge >= 0.3 is 0 Å². The van der Waals surface area contributed by atoms with Crippen LogP contribution >= 0.6 is 0 Å². The van der Waals surface area contributed by atoms with E-state index in [4.69, 9.17) is 9.47 Å². The summed E-state index contributed by atoms with van der Waals surface area (Å²) in [6.07, 6.45) is 1.01. The molecular weight excluding hydrogens is 238 g/mol. The van der Waals surface area contributed by atoms with E-state index in [1.165, 1.54) is 11.1 Å². The zero-order valence-electron chi connectivity index (χ0n) is 12.5. The van der Waals surface area contributed by atoms with Gasteiger partial charge in [0.25, 0.3) is 0 Å². The normalized spacial score (nSPS) is 20.3. The molecule has 0 aliphatic carbocycles. The summed E-state index contributed by atoms with van der Waals surface area (Å²) >= 11 is 0. The van der Waals surface area contributed by atoms with Crippen LogP contribution in [0.2, 0.25) is 0 Å². The Hall–Kier alpha value is -1.06. The van der Waals surface area contributed by atoms with Crippen LogP contribution in [0.4, 0.5) is 0 Å². The van der Waals surface area contributed by atoms with Gasteiger partial charge in [0.05, 0.1) is 20.3 Å². The molecule has 1 saturated heterocycles. The molecule has 106 valence electrons. The first-order chi connectivity index (χ1) is 9.00. The van der Waals surface area contributed by atoms with Crippen LogP contribution < -0.4 is 10.1 Å². The summed E-state index contributed by atoms with van der Waals surface area (Å²) < 4.78 is 11.0. The van der Waals surface area contributed by atoms with E-state index in [1.54, 1.807) is 7.11 Å². The van der Waals surface area contributed by atoms with Crippen LogP contribution in [0.15, 0.2) is 18.2 Å². The average Bonchev–Trinajstić information content (AvgIpc) is 2.39. The van der Waals surface area contributed by atoms with Gasteiger partial charge < -0.3 is 14.8 Å². The summed E-state index contributed by atoms with van der Waals surface area (Å²) in [4.78, 5) is 0. The van der Waals surface area contributed by atoms with Crippen LogP contribution in [0.3, 0.4) is 0 Å². The van der Waals surface area contributed by atoms with Crippen LogP contribution in [-0.4, -0.2) is 32.9 Å². The maximum Gasteiger partial charge on any atom is 0.122 e. The lowest BCUT2D eigenvalue weighted by molar-refractivity contribution is 0.0770. The second-order valence-corrected chi connectivity index (χ2v) is 6.21. The quantitative estimate of drug-likeness (QED) is 0.909. The molecule has 2 rings (SSSR count). The summed E-state index contributed by atoms with van der Waals surface area (Å²) in [5.74, 6) is 0.976. The summed E-state index contributed by atoms with van der Waals surface area (Å²) in [7, 11) is 1.74. The van der Waals surface area contributed by atoms with Gasteiger partial charge in [-0.2, -0.15) is 0 Å². The van der Waals surface area contributed by atoms with Crippen molar-refractivity contribution in [2.75, 3.05) is 26.9 Å². The molecule has 1 aliphatic rings. The maximum absolute atomic E-state index is 5.51. The molecule has 1 unspecified atom stereocenters. The molecule has 0 spiro atoms. The second kappa shape index (κ2) is 5.93. The molecule has 1 N–H and O–H groups in total. The zero-order valence-corrected chi connectivity index (χ0v) is 12.5. The van der Waals surface area contributed by atoms with Crippen molar-refractivity contribution in [2.45, 2.75) is 38.6 Å². The summed E-state index contributed by atoms with van der Waals surface area (Å²) in [6, 6.07) is 6.94. The fraction of sp³-hybridized carbons (Fsp3) is 0.625. The Morgan fingerprint density at radius 2 is 2.16 bits per heavy atom. The molecule has 0 bridgehead atoms. The third kappa shape index (κ3) is 3.71. The number of nitrogens with one attached hydrogen (secondary N) is 1. The van der Waals surface area contributed by atoms with E-state index in [0.29, 0.717) is 6.04 Å². The van der Waals surface area contributed by atoms with Crippen molar-refractivity contribution in [1.29, 1.82) is 0 Å². The molecule has 0 amide bonds. The number of methoxy groups -OCH3 is 1. The van der Waals surface area contributed by atoms with Crippen molar-refractivity contribution in [1.82, 2.24) is 5.32 Å². The van der Waals surface area contributed by atoms with E-state index in [0.717, 1.165) is 31.9 Å². The molecule has 0 aromatic heterocycles. The van der Waals surface area contributed by atoms with Gasteiger partial charge in [0.2, 0.25) is 0 Å². The second-order valence-electron chi connectivity index (χ2n) is 6.21. The minimum absolute atomic E-state index is 0.0951. The van der Waals surface area contributed by atoms with Gasteiger partial charge in [0.1, 0.15) is 5.75 Å². The lowest BCUT2D eigenvalue weighted by atomic mass is 9.84. The van der Waals surface area contributed by atoms with Crippen LogP contribution in [0.1, 0.15) is 31.9 Å². The first kappa shape index (κ1) is 14.4. The summed E-state index contributed by atoms with van der Waals surface area (Å²) in [6.45, 7) is 9.24. The Bertz CT molecular complexity index is 417. The Morgan fingerprint density at radius 1 is 1.37 bits per heavy atom. The van der Waals surface area contributed by atoms with E-state index < -0.39 is 0 Å². The maximum atomic E-state index is 5.51. The fourth-order valence-corrected chi connectivity index (χ4v) is 2.50. The van der Waals surface area contributed by atoms with Crippen molar-refractivity contribution < 1.29 is 9.47 Å². The first-order valence-electron chi connectivity index (χ1n) is 6.99. The lowest BCUT2D eigenvalue weighted by Crippen LogP contribution is -2.42. The van der Waals surface area contributed by atoms with E-state index in [2.05, 4.69) is 44.3 Å². The molecule has 19 heavy (non-hydrogen) atoms. The predicted octanol–water partition coefficient (Wildman–Crippen LogP) is 2.52. The molecule has 1 fully saturated rings. The van der Waals surface area contributed by atoms with E-state index in [-0.39, 0.29) is 5.41 Å². The van der Waals surface area contributed by atoms with E-state index >= 15 is 0 Å². The molecule has 1 aromatic carbocycles. The summed E-state index contributed by atoms with van der Waals surface area (Å²) in [5.41, 5.74) is 2.70.